The summed E-state index contributed by atoms with van der Waals surface area (Å²) in [4.78, 5) is 11.1. The van der Waals surface area contributed by atoms with Crippen molar-refractivity contribution in [3.63, 3.8) is 0 Å². The van der Waals surface area contributed by atoms with Gasteiger partial charge in [-0.05, 0) is 36.2 Å². The first kappa shape index (κ1) is 11.0. The fourth-order valence-electron chi connectivity index (χ4n) is 1.61. The zero-order valence-corrected chi connectivity index (χ0v) is 9.67. The molecule has 1 aliphatic rings. The molecule has 16 heavy (non-hydrogen) atoms. The molecule has 0 bridgehead atoms. The average Bonchev–Trinajstić information content (AvgIpc) is 2.75. The number of rotatable bonds is 2. The monoisotopic (exact) mass is 237 g/mol. The van der Waals surface area contributed by atoms with E-state index < -0.39 is 0 Å². The summed E-state index contributed by atoms with van der Waals surface area (Å²) in [6, 6.07) is 7.43. The molecule has 1 aromatic carbocycles. The van der Waals surface area contributed by atoms with Crippen LogP contribution in [0.2, 0.25) is 0 Å². The van der Waals surface area contributed by atoms with Crippen molar-refractivity contribution in [2.45, 2.75) is 12.8 Å². The number of nitrogens with one attached hydrogen (secondary N) is 1. The standard InChI is InChI=1S/C12H12ClNO2/c1-16-9-4-2-8(3-5-9)12(13)10-6-7-11(15)14-10/h2-5H,6-7H2,1H3,(H,14,15)/b12-10-. The molecule has 1 N–H and O–H groups in total. The number of allylic oxidation sites excluding steroid dienone is 1. The van der Waals surface area contributed by atoms with E-state index in [9.17, 15) is 4.79 Å². The summed E-state index contributed by atoms with van der Waals surface area (Å²) in [6.07, 6.45) is 1.20. The lowest BCUT2D eigenvalue weighted by Crippen LogP contribution is -2.12. The number of hydrogen-bond acceptors (Lipinski definition) is 2. The van der Waals surface area contributed by atoms with Gasteiger partial charge in [0, 0.05) is 12.1 Å². The van der Waals surface area contributed by atoms with Crippen LogP contribution in [0.5, 0.6) is 5.75 Å². The fourth-order valence-corrected chi connectivity index (χ4v) is 1.88. The number of carbonyl (C=O) groups excluding carboxylic acids is 1. The van der Waals surface area contributed by atoms with Gasteiger partial charge in [-0.3, -0.25) is 4.79 Å². The van der Waals surface area contributed by atoms with E-state index in [0.717, 1.165) is 17.0 Å². The van der Waals surface area contributed by atoms with Crippen LogP contribution in [-0.2, 0) is 4.79 Å². The van der Waals surface area contributed by atoms with Crippen molar-refractivity contribution >= 4 is 22.5 Å². The highest BCUT2D eigenvalue weighted by atomic mass is 35.5. The number of hydrogen-bond donors (Lipinski definition) is 1. The molecule has 0 saturated carbocycles. The second-order valence-electron chi connectivity index (χ2n) is 3.57. The number of ether oxygens (including phenoxy) is 1. The van der Waals surface area contributed by atoms with Crippen molar-refractivity contribution in [2.75, 3.05) is 7.11 Å². The fraction of sp³-hybridized carbons (Fsp3) is 0.250. The van der Waals surface area contributed by atoms with Gasteiger partial charge >= 0.3 is 0 Å². The zero-order chi connectivity index (χ0) is 11.5. The number of methoxy groups -OCH3 is 1. The number of halogens is 1. The number of benzene rings is 1. The molecule has 1 fully saturated rings. The maximum absolute atomic E-state index is 11.1. The summed E-state index contributed by atoms with van der Waals surface area (Å²) < 4.78 is 5.06. The van der Waals surface area contributed by atoms with Gasteiger partial charge in [-0.1, -0.05) is 11.6 Å². The normalized spacial score (nSPS) is 18.2. The maximum atomic E-state index is 11.1. The Morgan fingerprint density at radius 3 is 2.50 bits per heavy atom. The van der Waals surface area contributed by atoms with Crippen molar-refractivity contribution in [2.24, 2.45) is 0 Å². The van der Waals surface area contributed by atoms with E-state index in [4.69, 9.17) is 16.3 Å². The van der Waals surface area contributed by atoms with Gasteiger partial charge in [-0.25, -0.2) is 0 Å². The van der Waals surface area contributed by atoms with Crippen molar-refractivity contribution < 1.29 is 9.53 Å². The van der Waals surface area contributed by atoms with Crippen LogP contribution in [0.25, 0.3) is 5.03 Å². The first-order chi connectivity index (χ1) is 7.70. The molecule has 2 rings (SSSR count). The summed E-state index contributed by atoms with van der Waals surface area (Å²) in [5, 5.41) is 3.36. The summed E-state index contributed by atoms with van der Waals surface area (Å²) in [5.41, 5.74) is 1.69. The van der Waals surface area contributed by atoms with Gasteiger partial charge in [0.2, 0.25) is 5.91 Å². The SMILES string of the molecule is COc1ccc(/C(Cl)=C2\CCC(=O)N2)cc1. The van der Waals surface area contributed by atoms with Crippen LogP contribution in [0.15, 0.2) is 30.0 Å². The van der Waals surface area contributed by atoms with Gasteiger partial charge in [0.15, 0.2) is 0 Å². The molecule has 0 aromatic heterocycles. The molecule has 1 aliphatic heterocycles. The average molecular weight is 238 g/mol. The van der Waals surface area contributed by atoms with Crippen LogP contribution < -0.4 is 10.1 Å². The molecule has 1 heterocycles. The third kappa shape index (κ3) is 2.19. The number of amides is 1. The molecule has 4 heteroatoms. The van der Waals surface area contributed by atoms with E-state index in [1.54, 1.807) is 7.11 Å². The van der Waals surface area contributed by atoms with Crippen LogP contribution >= 0.6 is 11.6 Å². The second kappa shape index (κ2) is 4.58. The molecule has 0 unspecified atom stereocenters. The Bertz CT molecular complexity index is 437. The highest BCUT2D eigenvalue weighted by Gasteiger charge is 2.18. The van der Waals surface area contributed by atoms with E-state index >= 15 is 0 Å². The minimum absolute atomic E-state index is 0.0293. The van der Waals surface area contributed by atoms with Crippen LogP contribution in [0.1, 0.15) is 18.4 Å². The summed E-state index contributed by atoms with van der Waals surface area (Å²) in [7, 11) is 1.62. The summed E-state index contributed by atoms with van der Waals surface area (Å²) >= 11 is 6.20. The molecule has 0 aliphatic carbocycles. The Morgan fingerprint density at radius 1 is 1.31 bits per heavy atom. The van der Waals surface area contributed by atoms with E-state index in [1.165, 1.54) is 0 Å². The van der Waals surface area contributed by atoms with Gasteiger partial charge in [0.25, 0.3) is 0 Å². The molecular weight excluding hydrogens is 226 g/mol. The summed E-state index contributed by atoms with van der Waals surface area (Å²) in [6.45, 7) is 0. The lowest BCUT2D eigenvalue weighted by atomic mass is 10.1. The molecule has 0 atom stereocenters. The molecule has 84 valence electrons. The second-order valence-corrected chi connectivity index (χ2v) is 3.95. The molecule has 1 amide bonds. The Morgan fingerprint density at radius 2 is 2.00 bits per heavy atom. The van der Waals surface area contributed by atoms with Gasteiger partial charge in [0.1, 0.15) is 5.75 Å². The molecule has 0 radical (unpaired) electrons. The van der Waals surface area contributed by atoms with Gasteiger partial charge in [-0.2, -0.15) is 0 Å². The first-order valence-electron chi connectivity index (χ1n) is 5.03. The molecular formula is C12H12ClNO2. The third-order valence-electron chi connectivity index (χ3n) is 2.50. The highest BCUT2D eigenvalue weighted by Crippen LogP contribution is 2.28. The van der Waals surface area contributed by atoms with Crippen LogP contribution in [0.4, 0.5) is 0 Å². The Balaban J connectivity index is 2.26. The maximum Gasteiger partial charge on any atom is 0.224 e. The smallest absolute Gasteiger partial charge is 0.224 e. The van der Waals surface area contributed by atoms with Crippen LogP contribution in [0.3, 0.4) is 0 Å². The van der Waals surface area contributed by atoms with Crippen molar-refractivity contribution in [1.29, 1.82) is 0 Å². The lowest BCUT2D eigenvalue weighted by Gasteiger charge is -2.05. The lowest BCUT2D eigenvalue weighted by molar-refractivity contribution is -0.118. The Labute approximate surface area is 99.1 Å². The highest BCUT2D eigenvalue weighted by molar-refractivity contribution is 6.49. The van der Waals surface area contributed by atoms with Crippen molar-refractivity contribution in [1.82, 2.24) is 5.32 Å². The molecule has 1 aromatic rings. The largest absolute Gasteiger partial charge is 0.497 e. The van der Waals surface area contributed by atoms with E-state index in [1.807, 2.05) is 24.3 Å². The first-order valence-corrected chi connectivity index (χ1v) is 5.41. The van der Waals surface area contributed by atoms with Crippen LogP contribution in [0, 0.1) is 0 Å². The quantitative estimate of drug-likeness (QED) is 0.858. The van der Waals surface area contributed by atoms with E-state index in [-0.39, 0.29) is 5.91 Å². The van der Waals surface area contributed by atoms with Crippen molar-refractivity contribution in [3.05, 3.63) is 35.5 Å². The topological polar surface area (TPSA) is 38.3 Å². The van der Waals surface area contributed by atoms with E-state index in [0.29, 0.717) is 17.9 Å². The van der Waals surface area contributed by atoms with Gasteiger partial charge in [0.05, 0.1) is 12.1 Å². The predicted octanol–water partition coefficient (Wildman–Crippen LogP) is 2.51. The molecule has 0 spiro atoms. The van der Waals surface area contributed by atoms with Crippen molar-refractivity contribution in [3.8, 4) is 5.75 Å². The molecule has 3 nitrogen and oxygen atoms in total. The van der Waals surface area contributed by atoms with E-state index in [2.05, 4.69) is 5.32 Å². The molecule has 1 saturated heterocycles. The predicted molar refractivity (Wildman–Crippen MR) is 63.1 cm³/mol. The minimum atomic E-state index is 0.0293. The Hall–Kier alpha value is -1.48. The zero-order valence-electron chi connectivity index (χ0n) is 8.92. The Kier molecular flexibility index (Phi) is 3.15. The van der Waals surface area contributed by atoms with Gasteiger partial charge < -0.3 is 10.1 Å². The van der Waals surface area contributed by atoms with Crippen LogP contribution in [-0.4, -0.2) is 13.0 Å². The number of carbonyl (C=O) groups is 1. The summed E-state index contributed by atoms with van der Waals surface area (Å²) in [5.74, 6) is 0.815. The minimum Gasteiger partial charge on any atom is -0.497 e. The third-order valence-corrected chi connectivity index (χ3v) is 2.95. The van der Waals surface area contributed by atoms with Gasteiger partial charge in [-0.15, -0.1) is 0 Å².